The minimum absolute atomic E-state index is 0.105. The van der Waals surface area contributed by atoms with Crippen molar-refractivity contribution in [1.82, 2.24) is 0 Å². The van der Waals surface area contributed by atoms with Gasteiger partial charge in [-0.05, 0) is 83.5 Å². The van der Waals surface area contributed by atoms with Crippen LogP contribution in [0.25, 0.3) is 0 Å². The number of esters is 3. The van der Waals surface area contributed by atoms with E-state index in [4.69, 9.17) is 14.2 Å². The van der Waals surface area contributed by atoms with E-state index in [9.17, 15) is 14.4 Å². The van der Waals surface area contributed by atoms with Crippen LogP contribution < -0.4 is 0 Å². The topological polar surface area (TPSA) is 78.9 Å². The Morgan fingerprint density at radius 2 is 0.615 bits per heavy atom. The highest BCUT2D eigenvalue weighted by Crippen LogP contribution is 2.14. The molecule has 0 aliphatic carbocycles. The zero-order chi connectivity index (χ0) is 47.2. The Balaban J connectivity index is 4.46. The standard InChI is InChI=1S/C59H96O6/c1-4-7-10-13-16-19-22-25-27-28-29-30-32-34-37-40-43-46-49-52-58(61)64-55-56(54-63-57(60)51-48-45-42-39-36-33-24-21-18-15-12-9-6-3)65-59(62)53-50-47-44-41-38-35-31-26-23-20-17-14-11-8-5-2/h8-9,11-12,14-15,17-18,20-21,23-24,26,28-29,31,33,36,56H,4-7,10,13,16,19,22,25,27,30,32,34-35,37-55H2,1-3H3/b11-8+,12-9+,17-14+,18-15+,23-20+,24-21+,29-28+,31-26+,36-33+. The van der Waals surface area contributed by atoms with Crippen molar-refractivity contribution in [2.75, 3.05) is 13.2 Å². The van der Waals surface area contributed by atoms with Crippen LogP contribution in [-0.4, -0.2) is 37.2 Å². The van der Waals surface area contributed by atoms with Crippen LogP contribution in [0.4, 0.5) is 0 Å². The van der Waals surface area contributed by atoms with Crippen molar-refractivity contribution in [1.29, 1.82) is 0 Å². The molecule has 0 aromatic heterocycles. The third-order valence-electron chi connectivity index (χ3n) is 10.9. The van der Waals surface area contributed by atoms with E-state index >= 15 is 0 Å². The van der Waals surface area contributed by atoms with E-state index in [0.29, 0.717) is 12.8 Å². The highest BCUT2D eigenvalue weighted by Gasteiger charge is 2.19. The van der Waals surface area contributed by atoms with Gasteiger partial charge in [-0.2, -0.15) is 0 Å². The molecule has 0 spiro atoms. The van der Waals surface area contributed by atoms with Gasteiger partial charge in [-0.1, -0.05) is 233 Å². The summed E-state index contributed by atoms with van der Waals surface area (Å²) >= 11 is 0. The second kappa shape index (κ2) is 52.7. The lowest BCUT2D eigenvalue weighted by Crippen LogP contribution is -2.30. The van der Waals surface area contributed by atoms with Crippen molar-refractivity contribution < 1.29 is 28.6 Å². The summed E-state index contributed by atoms with van der Waals surface area (Å²) in [5.74, 6) is -0.977. The summed E-state index contributed by atoms with van der Waals surface area (Å²) in [6, 6.07) is 0. The maximum Gasteiger partial charge on any atom is 0.306 e. The van der Waals surface area contributed by atoms with Crippen molar-refractivity contribution in [3.05, 3.63) is 109 Å². The number of allylic oxidation sites excluding steroid dienone is 18. The molecule has 0 heterocycles. The first-order valence-electron chi connectivity index (χ1n) is 26.5. The van der Waals surface area contributed by atoms with Gasteiger partial charge in [0.15, 0.2) is 6.10 Å². The summed E-state index contributed by atoms with van der Waals surface area (Å²) in [5, 5.41) is 0. The Morgan fingerprint density at radius 3 is 1.00 bits per heavy atom. The van der Waals surface area contributed by atoms with Crippen molar-refractivity contribution in [2.45, 2.75) is 232 Å². The van der Waals surface area contributed by atoms with Crippen LogP contribution in [-0.2, 0) is 28.6 Å². The van der Waals surface area contributed by atoms with Gasteiger partial charge in [0, 0.05) is 19.3 Å². The van der Waals surface area contributed by atoms with E-state index in [1.165, 1.54) is 89.9 Å². The monoisotopic (exact) mass is 901 g/mol. The van der Waals surface area contributed by atoms with Gasteiger partial charge in [0.25, 0.3) is 0 Å². The minimum atomic E-state index is -0.810. The second-order valence-corrected chi connectivity index (χ2v) is 17.2. The van der Waals surface area contributed by atoms with Crippen LogP contribution in [0.2, 0.25) is 0 Å². The van der Waals surface area contributed by atoms with Crippen LogP contribution >= 0.6 is 0 Å². The summed E-state index contributed by atoms with van der Waals surface area (Å²) in [5.41, 5.74) is 0. The van der Waals surface area contributed by atoms with Crippen LogP contribution in [0.1, 0.15) is 226 Å². The number of hydrogen-bond donors (Lipinski definition) is 0. The Kier molecular flexibility index (Phi) is 49.5. The molecule has 1 atom stereocenters. The van der Waals surface area contributed by atoms with E-state index in [1.807, 2.05) is 60.8 Å². The molecule has 6 heteroatoms. The molecule has 0 aromatic rings. The third kappa shape index (κ3) is 50.9. The number of ether oxygens (including phenoxy) is 3. The number of carbonyl (C=O) groups is 3. The molecular formula is C59H96O6. The van der Waals surface area contributed by atoms with Gasteiger partial charge >= 0.3 is 17.9 Å². The first-order chi connectivity index (χ1) is 32.0. The maximum atomic E-state index is 12.8. The molecule has 0 aromatic carbocycles. The smallest absolute Gasteiger partial charge is 0.306 e. The van der Waals surface area contributed by atoms with E-state index in [1.54, 1.807) is 0 Å². The molecule has 0 amide bonds. The molecule has 0 aliphatic rings. The van der Waals surface area contributed by atoms with Crippen molar-refractivity contribution in [3.63, 3.8) is 0 Å². The summed E-state index contributed by atoms with van der Waals surface area (Å²) in [6.45, 7) is 6.29. The van der Waals surface area contributed by atoms with E-state index < -0.39 is 6.10 Å². The molecule has 65 heavy (non-hydrogen) atoms. The molecule has 0 saturated carbocycles. The molecule has 1 unspecified atom stereocenters. The highest BCUT2D eigenvalue weighted by molar-refractivity contribution is 5.71. The average molecular weight is 901 g/mol. The maximum absolute atomic E-state index is 12.8. The average Bonchev–Trinajstić information content (AvgIpc) is 3.30. The summed E-state index contributed by atoms with van der Waals surface area (Å²) in [4.78, 5) is 38.0. The van der Waals surface area contributed by atoms with Gasteiger partial charge in [0.2, 0.25) is 0 Å². The molecule has 0 fully saturated rings. The number of unbranched alkanes of at least 4 members (excludes halogenated alkanes) is 23. The zero-order valence-electron chi connectivity index (χ0n) is 42.0. The largest absolute Gasteiger partial charge is 0.462 e. The first kappa shape index (κ1) is 61.1. The Morgan fingerprint density at radius 1 is 0.323 bits per heavy atom. The normalized spacial score (nSPS) is 13.0. The van der Waals surface area contributed by atoms with Crippen LogP contribution in [0.5, 0.6) is 0 Å². The molecular weight excluding hydrogens is 805 g/mol. The van der Waals surface area contributed by atoms with Crippen molar-refractivity contribution >= 4 is 17.9 Å². The summed E-state index contributed by atoms with van der Waals surface area (Å²) in [7, 11) is 0. The molecule has 0 saturated heterocycles. The van der Waals surface area contributed by atoms with Gasteiger partial charge < -0.3 is 14.2 Å². The molecule has 0 aliphatic heterocycles. The lowest BCUT2D eigenvalue weighted by Gasteiger charge is -2.18. The molecule has 368 valence electrons. The van der Waals surface area contributed by atoms with Gasteiger partial charge in [-0.3, -0.25) is 14.4 Å². The summed E-state index contributed by atoms with van der Waals surface area (Å²) in [6.07, 6.45) is 70.8. The van der Waals surface area contributed by atoms with Gasteiger partial charge in [0.05, 0.1) is 0 Å². The third-order valence-corrected chi connectivity index (χ3v) is 10.9. The highest BCUT2D eigenvalue weighted by atomic mass is 16.6. The van der Waals surface area contributed by atoms with Crippen LogP contribution in [0.15, 0.2) is 109 Å². The number of rotatable bonds is 46. The van der Waals surface area contributed by atoms with Crippen LogP contribution in [0.3, 0.4) is 0 Å². The quantitative estimate of drug-likeness (QED) is 0.0199. The van der Waals surface area contributed by atoms with E-state index in [2.05, 4.69) is 69.4 Å². The fourth-order valence-electron chi connectivity index (χ4n) is 6.99. The zero-order valence-corrected chi connectivity index (χ0v) is 42.0. The lowest BCUT2D eigenvalue weighted by molar-refractivity contribution is -0.167. The molecule has 0 radical (unpaired) electrons. The van der Waals surface area contributed by atoms with Gasteiger partial charge in [-0.15, -0.1) is 0 Å². The predicted octanol–water partition coefficient (Wildman–Crippen LogP) is 17.5. The lowest BCUT2D eigenvalue weighted by atomic mass is 10.1. The van der Waals surface area contributed by atoms with Gasteiger partial charge in [-0.25, -0.2) is 0 Å². The Labute approximate surface area is 400 Å². The minimum Gasteiger partial charge on any atom is -0.462 e. The van der Waals surface area contributed by atoms with Gasteiger partial charge in [0.1, 0.15) is 13.2 Å². The van der Waals surface area contributed by atoms with E-state index in [0.717, 1.165) is 96.3 Å². The fourth-order valence-corrected chi connectivity index (χ4v) is 6.99. The second-order valence-electron chi connectivity index (χ2n) is 17.2. The molecule has 0 N–H and O–H groups in total. The fraction of sp³-hybridized carbons (Fsp3) is 0.644. The van der Waals surface area contributed by atoms with Crippen molar-refractivity contribution in [2.24, 2.45) is 0 Å². The number of carbonyl (C=O) groups excluding carboxylic acids is 3. The molecule has 0 bridgehead atoms. The predicted molar refractivity (Wildman–Crippen MR) is 279 cm³/mol. The Hall–Kier alpha value is -3.93. The first-order valence-corrected chi connectivity index (χ1v) is 26.5. The van der Waals surface area contributed by atoms with E-state index in [-0.39, 0.29) is 37.5 Å². The Bertz CT molecular complexity index is 1360. The number of hydrogen-bond acceptors (Lipinski definition) is 6. The summed E-state index contributed by atoms with van der Waals surface area (Å²) < 4.78 is 16.8. The van der Waals surface area contributed by atoms with Crippen molar-refractivity contribution in [3.8, 4) is 0 Å². The van der Waals surface area contributed by atoms with Crippen LogP contribution in [0, 0.1) is 0 Å². The molecule has 0 rings (SSSR count). The molecule has 6 nitrogen and oxygen atoms in total. The SMILES string of the molecule is CC/C=C/C=C/C=C/C=C/CCCCCCCC(=O)OC(COC(=O)CCCCC/C=C/C=C/C=C/C=C/CC)COC(=O)CCCCCCCCC/C=C/CCCCCCCCCC.